The third kappa shape index (κ3) is 4.52. The van der Waals surface area contributed by atoms with Gasteiger partial charge in [-0.3, -0.25) is 9.10 Å². The van der Waals surface area contributed by atoms with Crippen LogP contribution in [0, 0.1) is 5.92 Å². The van der Waals surface area contributed by atoms with Crippen molar-refractivity contribution in [3.8, 4) is 0 Å². The number of benzene rings is 1. The lowest BCUT2D eigenvalue weighted by Gasteiger charge is -2.32. The zero-order valence-electron chi connectivity index (χ0n) is 13.1. The number of sulfonamides is 1. The van der Waals surface area contributed by atoms with Crippen LogP contribution < -0.4 is 4.31 Å². The topological polar surface area (TPSA) is 57.7 Å². The second-order valence-electron chi connectivity index (χ2n) is 5.90. The number of hydrogen-bond acceptors (Lipinski definition) is 3. The van der Waals surface area contributed by atoms with E-state index in [2.05, 4.69) is 6.92 Å². The summed E-state index contributed by atoms with van der Waals surface area (Å²) < 4.78 is 25.3. The first-order chi connectivity index (χ1) is 10.7. The molecule has 0 N–H and O–H groups in total. The van der Waals surface area contributed by atoms with Gasteiger partial charge in [-0.2, -0.15) is 0 Å². The highest BCUT2D eigenvalue weighted by Crippen LogP contribution is 2.35. The first kappa shape index (κ1) is 18.4. The van der Waals surface area contributed by atoms with Gasteiger partial charge in [0.2, 0.25) is 15.9 Å². The van der Waals surface area contributed by atoms with E-state index in [0.29, 0.717) is 19.0 Å². The van der Waals surface area contributed by atoms with Gasteiger partial charge in [-0.25, -0.2) is 8.42 Å². The highest BCUT2D eigenvalue weighted by atomic mass is 35.5. The van der Waals surface area contributed by atoms with Gasteiger partial charge in [-0.15, -0.1) is 0 Å². The van der Waals surface area contributed by atoms with E-state index in [1.165, 1.54) is 0 Å². The van der Waals surface area contributed by atoms with Crippen LogP contribution >= 0.6 is 23.2 Å². The molecule has 1 fully saturated rings. The van der Waals surface area contributed by atoms with Crippen LogP contribution in [0.3, 0.4) is 0 Å². The Morgan fingerprint density at radius 2 is 1.78 bits per heavy atom. The first-order valence-corrected chi connectivity index (χ1v) is 10.00. The van der Waals surface area contributed by atoms with Gasteiger partial charge in [0.1, 0.15) is 6.54 Å². The third-order valence-corrected chi connectivity index (χ3v) is 5.72. The summed E-state index contributed by atoms with van der Waals surface area (Å²) >= 11 is 12.2. The molecule has 0 bridgehead atoms. The number of piperidine rings is 1. The molecule has 1 aromatic carbocycles. The lowest BCUT2D eigenvalue weighted by atomic mass is 9.99. The summed E-state index contributed by atoms with van der Waals surface area (Å²) in [5.41, 5.74) is 0.150. The number of para-hydroxylation sites is 1. The molecule has 1 aromatic rings. The number of anilines is 1. The van der Waals surface area contributed by atoms with E-state index in [9.17, 15) is 13.2 Å². The third-order valence-electron chi connectivity index (χ3n) is 4.00. The Bertz CT molecular complexity index is 666. The number of rotatable bonds is 4. The van der Waals surface area contributed by atoms with E-state index in [4.69, 9.17) is 23.2 Å². The van der Waals surface area contributed by atoms with Gasteiger partial charge >= 0.3 is 0 Å². The molecule has 8 heteroatoms. The highest BCUT2D eigenvalue weighted by Gasteiger charge is 2.28. The number of carbonyl (C=O) groups is 1. The number of carbonyl (C=O) groups excluding carboxylic acids is 1. The predicted octanol–water partition coefficient (Wildman–Crippen LogP) is 3.02. The Kier molecular flexibility index (Phi) is 5.81. The SMILES string of the molecule is CC1CCN(C(=O)CN(c2c(Cl)cccc2Cl)S(C)(=O)=O)CC1. The maximum Gasteiger partial charge on any atom is 0.243 e. The van der Waals surface area contributed by atoms with Crippen molar-refractivity contribution < 1.29 is 13.2 Å². The summed E-state index contributed by atoms with van der Waals surface area (Å²) in [7, 11) is -3.69. The molecular formula is C15H20Cl2N2O3S. The van der Waals surface area contributed by atoms with Crippen molar-refractivity contribution in [2.75, 3.05) is 30.2 Å². The maximum absolute atomic E-state index is 12.5. The van der Waals surface area contributed by atoms with Crippen molar-refractivity contribution in [3.05, 3.63) is 28.2 Å². The summed E-state index contributed by atoms with van der Waals surface area (Å²) in [6, 6.07) is 4.73. The van der Waals surface area contributed by atoms with Gasteiger partial charge < -0.3 is 4.90 Å². The van der Waals surface area contributed by atoms with Crippen LogP contribution in [-0.4, -0.2) is 45.1 Å². The zero-order chi connectivity index (χ0) is 17.2. The Hall–Kier alpha value is -0.980. The van der Waals surface area contributed by atoms with Crippen LogP contribution in [0.2, 0.25) is 10.0 Å². The molecule has 0 saturated carbocycles. The van der Waals surface area contributed by atoms with Crippen molar-refractivity contribution in [3.63, 3.8) is 0 Å². The first-order valence-electron chi connectivity index (χ1n) is 7.39. The fourth-order valence-corrected chi connectivity index (χ4v) is 4.15. The summed E-state index contributed by atoms with van der Waals surface area (Å²) in [4.78, 5) is 14.2. The van der Waals surface area contributed by atoms with Crippen LogP contribution in [-0.2, 0) is 14.8 Å². The summed E-state index contributed by atoms with van der Waals surface area (Å²) in [5, 5.41) is 0.394. The maximum atomic E-state index is 12.5. The van der Waals surface area contributed by atoms with Crippen molar-refractivity contribution in [1.82, 2.24) is 4.90 Å². The van der Waals surface area contributed by atoms with Gasteiger partial charge in [-0.1, -0.05) is 36.2 Å². The van der Waals surface area contributed by atoms with E-state index < -0.39 is 10.0 Å². The second kappa shape index (κ2) is 7.28. The van der Waals surface area contributed by atoms with Crippen LogP contribution in [0.5, 0.6) is 0 Å². The second-order valence-corrected chi connectivity index (χ2v) is 8.62. The monoisotopic (exact) mass is 378 g/mol. The van der Waals surface area contributed by atoms with Crippen molar-refractivity contribution in [1.29, 1.82) is 0 Å². The van der Waals surface area contributed by atoms with Crippen molar-refractivity contribution in [2.45, 2.75) is 19.8 Å². The number of likely N-dealkylation sites (tertiary alicyclic amines) is 1. The molecule has 1 saturated heterocycles. The zero-order valence-corrected chi connectivity index (χ0v) is 15.5. The normalized spacial score (nSPS) is 16.4. The summed E-state index contributed by atoms with van der Waals surface area (Å²) in [6.07, 6.45) is 2.90. The fourth-order valence-electron chi connectivity index (χ4n) is 2.57. The number of halogens is 2. The average Bonchev–Trinajstić information content (AvgIpc) is 2.45. The molecule has 1 aliphatic rings. The van der Waals surface area contributed by atoms with Crippen molar-refractivity contribution >= 4 is 44.8 Å². The molecule has 0 atom stereocenters. The van der Waals surface area contributed by atoms with Crippen LogP contribution in [0.4, 0.5) is 5.69 Å². The molecule has 0 aliphatic carbocycles. The molecule has 23 heavy (non-hydrogen) atoms. The van der Waals surface area contributed by atoms with Crippen LogP contribution in [0.1, 0.15) is 19.8 Å². The number of hydrogen-bond donors (Lipinski definition) is 0. The largest absolute Gasteiger partial charge is 0.341 e. The molecule has 2 rings (SSSR count). The van der Waals surface area contributed by atoms with E-state index in [0.717, 1.165) is 23.4 Å². The lowest BCUT2D eigenvalue weighted by Crippen LogP contribution is -2.45. The molecule has 1 heterocycles. The minimum absolute atomic E-state index is 0.150. The van der Waals surface area contributed by atoms with Gasteiger partial charge in [0.25, 0.3) is 0 Å². The molecule has 0 radical (unpaired) electrons. The van der Waals surface area contributed by atoms with Gasteiger partial charge in [0.05, 0.1) is 22.0 Å². The molecule has 0 unspecified atom stereocenters. The Labute approximate surface area is 147 Å². The quantitative estimate of drug-likeness (QED) is 0.808. The van der Waals surface area contributed by atoms with Gasteiger partial charge in [0.15, 0.2) is 0 Å². The Morgan fingerprint density at radius 1 is 1.26 bits per heavy atom. The van der Waals surface area contributed by atoms with Crippen LogP contribution in [0.15, 0.2) is 18.2 Å². The lowest BCUT2D eigenvalue weighted by molar-refractivity contribution is -0.130. The standard InChI is InChI=1S/C15H20Cl2N2O3S/c1-11-6-8-18(9-7-11)14(20)10-19(23(2,21)22)15-12(16)4-3-5-13(15)17/h3-5,11H,6-10H2,1-2H3. The molecule has 5 nitrogen and oxygen atoms in total. The van der Waals surface area contributed by atoms with E-state index in [1.807, 2.05) is 0 Å². The molecular weight excluding hydrogens is 359 g/mol. The van der Waals surface area contributed by atoms with E-state index in [1.54, 1.807) is 23.1 Å². The van der Waals surface area contributed by atoms with E-state index >= 15 is 0 Å². The minimum atomic E-state index is -3.69. The molecule has 1 aliphatic heterocycles. The number of nitrogens with zero attached hydrogens (tertiary/aromatic N) is 2. The highest BCUT2D eigenvalue weighted by molar-refractivity contribution is 7.92. The van der Waals surface area contributed by atoms with E-state index in [-0.39, 0.29) is 28.2 Å². The molecule has 0 aromatic heterocycles. The van der Waals surface area contributed by atoms with Gasteiger partial charge in [-0.05, 0) is 30.9 Å². The molecule has 0 spiro atoms. The smallest absolute Gasteiger partial charge is 0.243 e. The molecule has 1 amide bonds. The number of amides is 1. The minimum Gasteiger partial charge on any atom is -0.341 e. The Balaban J connectivity index is 2.26. The average molecular weight is 379 g/mol. The molecule has 128 valence electrons. The van der Waals surface area contributed by atoms with Crippen molar-refractivity contribution in [2.24, 2.45) is 5.92 Å². The fraction of sp³-hybridized carbons (Fsp3) is 0.533. The summed E-state index contributed by atoms with van der Waals surface area (Å²) in [5.74, 6) is 0.349. The van der Waals surface area contributed by atoms with Gasteiger partial charge in [0, 0.05) is 13.1 Å². The summed E-state index contributed by atoms with van der Waals surface area (Å²) in [6.45, 7) is 3.15. The predicted molar refractivity (Wildman–Crippen MR) is 93.6 cm³/mol. The van der Waals surface area contributed by atoms with Crippen LogP contribution in [0.25, 0.3) is 0 Å². The Morgan fingerprint density at radius 3 is 2.26 bits per heavy atom.